The third-order valence-electron chi connectivity index (χ3n) is 3.78. The number of benzene rings is 2. The highest BCUT2D eigenvalue weighted by Gasteiger charge is 2.13. The van der Waals surface area contributed by atoms with E-state index in [1.54, 1.807) is 37.3 Å². The van der Waals surface area contributed by atoms with Gasteiger partial charge in [0.1, 0.15) is 17.2 Å². The highest BCUT2D eigenvalue weighted by molar-refractivity contribution is 7.17. The molecule has 150 valence electrons. The first kappa shape index (κ1) is 21.4. The topological polar surface area (TPSA) is 89.6 Å². The third-order valence-corrected chi connectivity index (χ3v) is 5.96. The summed E-state index contributed by atoms with van der Waals surface area (Å²) >= 11 is 19.5. The summed E-state index contributed by atoms with van der Waals surface area (Å²) in [6, 6.07) is 10.5. The summed E-state index contributed by atoms with van der Waals surface area (Å²) in [6.45, 7) is 1.87. The monoisotopic (exact) mass is 468 g/mol. The minimum Gasteiger partial charge on any atom is -0.489 e. The van der Waals surface area contributed by atoms with Gasteiger partial charge in [-0.3, -0.25) is 4.79 Å². The van der Waals surface area contributed by atoms with Crippen molar-refractivity contribution in [1.82, 2.24) is 10.4 Å². The van der Waals surface area contributed by atoms with Crippen molar-refractivity contribution >= 4 is 63.4 Å². The average molecular weight is 470 g/mol. The third kappa shape index (κ3) is 5.39. The van der Waals surface area contributed by atoms with Gasteiger partial charge in [0.2, 0.25) is 0 Å². The number of hydrogen-bond acceptors (Lipinski definition) is 6. The zero-order valence-electron chi connectivity index (χ0n) is 15.1. The molecule has 10 heteroatoms. The van der Waals surface area contributed by atoms with E-state index in [2.05, 4.69) is 15.5 Å². The van der Waals surface area contributed by atoms with E-state index in [9.17, 15) is 4.79 Å². The van der Waals surface area contributed by atoms with E-state index in [1.165, 1.54) is 6.21 Å². The van der Waals surface area contributed by atoms with Crippen LogP contribution in [0.4, 0.5) is 5.13 Å². The van der Waals surface area contributed by atoms with E-state index >= 15 is 0 Å². The first-order chi connectivity index (χ1) is 13.8. The molecule has 0 saturated carbocycles. The number of rotatable bonds is 6. The molecule has 1 heterocycles. The Kier molecular flexibility index (Phi) is 6.97. The fourth-order valence-corrected chi connectivity index (χ4v) is 3.77. The second-order valence-electron chi connectivity index (χ2n) is 5.85. The van der Waals surface area contributed by atoms with Gasteiger partial charge in [-0.05, 0) is 36.8 Å². The Morgan fingerprint density at radius 3 is 2.76 bits per heavy atom. The fraction of sp³-hybridized carbons (Fsp3) is 0.105. The molecule has 0 bridgehead atoms. The van der Waals surface area contributed by atoms with Crippen LogP contribution in [0.15, 0.2) is 41.5 Å². The molecule has 1 aromatic heterocycles. The summed E-state index contributed by atoms with van der Waals surface area (Å²) in [6.07, 6.45) is 1.50. The van der Waals surface area contributed by atoms with Crippen LogP contribution >= 0.6 is 46.1 Å². The van der Waals surface area contributed by atoms with Gasteiger partial charge < -0.3 is 10.5 Å². The lowest BCUT2D eigenvalue weighted by Gasteiger charge is -2.11. The molecule has 0 aliphatic carbocycles. The molecule has 1 amide bonds. The minimum absolute atomic E-state index is 0.154. The molecule has 3 N–H and O–H groups in total. The average Bonchev–Trinajstić information content (AvgIpc) is 3.03. The number of ether oxygens (including phenoxy) is 1. The Balaban J connectivity index is 1.64. The number of halogens is 3. The molecule has 6 nitrogen and oxygen atoms in total. The first-order valence-corrected chi connectivity index (χ1v) is 10.2. The molecule has 0 aliphatic rings. The SMILES string of the molecule is Cc1nc(N)sc1C(=O)N/N=C/c1cccc(OCc2c(Cl)ccc(Cl)c2Cl)c1. The highest BCUT2D eigenvalue weighted by atomic mass is 35.5. The maximum absolute atomic E-state index is 12.1. The number of anilines is 1. The zero-order chi connectivity index (χ0) is 21.0. The van der Waals surface area contributed by atoms with Gasteiger partial charge in [0.05, 0.1) is 22.0 Å². The van der Waals surface area contributed by atoms with Crippen LogP contribution in [0.5, 0.6) is 5.75 Å². The quantitative estimate of drug-likeness (QED) is 0.290. The second kappa shape index (κ2) is 9.45. The van der Waals surface area contributed by atoms with Gasteiger partial charge >= 0.3 is 0 Å². The molecule has 0 radical (unpaired) electrons. The number of aryl methyl sites for hydroxylation is 1. The molecule has 3 rings (SSSR count). The number of carbonyl (C=O) groups excluding carboxylic acids is 1. The number of aromatic nitrogens is 1. The molecule has 0 spiro atoms. The van der Waals surface area contributed by atoms with Crippen molar-refractivity contribution in [2.24, 2.45) is 5.10 Å². The number of hydrazone groups is 1. The molecule has 0 fully saturated rings. The van der Waals surface area contributed by atoms with E-state index in [0.717, 1.165) is 16.9 Å². The number of nitrogens with two attached hydrogens (primary N) is 1. The van der Waals surface area contributed by atoms with Crippen LogP contribution in [0.2, 0.25) is 15.1 Å². The van der Waals surface area contributed by atoms with Crippen LogP contribution in [0.3, 0.4) is 0 Å². The summed E-state index contributed by atoms with van der Waals surface area (Å²) in [5.74, 6) is 0.212. The van der Waals surface area contributed by atoms with E-state index in [0.29, 0.717) is 42.1 Å². The lowest BCUT2D eigenvalue weighted by Crippen LogP contribution is -2.17. The molecule has 0 unspecified atom stereocenters. The first-order valence-electron chi connectivity index (χ1n) is 8.26. The number of nitrogens with zero attached hydrogens (tertiary/aromatic N) is 2. The maximum atomic E-state index is 12.1. The van der Waals surface area contributed by atoms with Gasteiger partial charge in [-0.25, -0.2) is 10.4 Å². The Hall–Kier alpha value is -2.32. The van der Waals surface area contributed by atoms with Gasteiger partial charge in [-0.1, -0.05) is 58.3 Å². The summed E-state index contributed by atoms with van der Waals surface area (Å²) in [4.78, 5) is 16.6. The molecule has 3 aromatic rings. The molecular formula is C19H15Cl3N4O2S. The lowest BCUT2D eigenvalue weighted by atomic mass is 10.2. The van der Waals surface area contributed by atoms with Crippen molar-refractivity contribution in [2.45, 2.75) is 13.5 Å². The van der Waals surface area contributed by atoms with Crippen molar-refractivity contribution < 1.29 is 9.53 Å². The normalized spacial score (nSPS) is 11.0. The Labute approximate surface area is 186 Å². The predicted molar refractivity (Wildman–Crippen MR) is 119 cm³/mol. The molecular weight excluding hydrogens is 455 g/mol. The van der Waals surface area contributed by atoms with Crippen LogP contribution in [0.25, 0.3) is 0 Å². The van der Waals surface area contributed by atoms with E-state index in [-0.39, 0.29) is 12.5 Å². The van der Waals surface area contributed by atoms with Gasteiger partial charge in [0.15, 0.2) is 5.13 Å². The molecule has 29 heavy (non-hydrogen) atoms. The number of nitrogen functional groups attached to an aromatic ring is 1. The summed E-state index contributed by atoms with van der Waals surface area (Å²) in [7, 11) is 0. The lowest BCUT2D eigenvalue weighted by molar-refractivity contribution is 0.0958. The predicted octanol–water partition coefficient (Wildman–Crippen LogP) is 5.34. The van der Waals surface area contributed by atoms with E-state index in [4.69, 9.17) is 45.3 Å². The summed E-state index contributed by atoms with van der Waals surface area (Å²) in [5.41, 5.74) is 9.95. The Bertz CT molecular complexity index is 1090. The van der Waals surface area contributed by atoms with Gasteiger partial charge in [-0.15, -0.1) is 0 Å². The zero-order valence-corrected chi connectivity index (χ0v) is 18.2. The van der Waals surface area contributed by atoms with E-state index < -0.39 is 0 Å². The Morgan fingerprint density at radius 1 is 1.28 bits per heavy atom. The maximum Gasteiger partial charge on any atom is 0.283 e. The van der Waals surface area contributed by atoms with Crippen LogP contribution in [0, 0.1) is 6.92 Å². The van der Waals surface area contributed by atoms with Crippen molar-refractivity contribution in [1.29, 1.82) is 0 Å². The number of thiazole rings is 1. The fourth-order valence-electron chi connectivity index (χ4n) is 2.39. The van der Waals surface area contributed by atoms with Gasteiger partial charge in [-0.2, -0.15) is 5.10 Å². The van der Waals surface area contributed by atoms with Gasteiger partial charge in [0, 0.05) is 10.6 Å². The largest absolute Gasteiger partial charge is 0.489 e. The Morgan fingerprint density at radius 2 is 2.03 bits per heavy atom. The molecule has 2 aromatic carbocycles. The van der Waals surface area contributed by atoms with Crippen molar-refractivity contribution in [3.05, 3.63) is 73.2 Å². The smallest absolute Gasteiger partial charge is 0.283 e. The molecule has 0 saturated heterocycles. The number of nitrogens with one attached hydrogen (secondary N) is 1. The molecule has 0 atom stereocenters. The second-order valence-corrected chi connectivity index (χ2v) is 8.07. The minimum atomic E-state index is -0.370. The number of carbonyl (C=O) groups is 1. The van der Waals surface area contributed by atoms with Crippen molar-refractivity contribution in [3.63, 3.8) is 0 Å². The molecule has 0 aliphatic heterocycles. The highest BCUT2D eigenvalue weighted by Crippen LogP contribution is 2.32. The number of hydrogen-bond donors (Lipinski definition) is 2. The number of amides is 1. The van der Waals surface area contributed by atoms with Crippen LogP contribution < -0.4 is 15.9 Å². The summed E-state index contributed by atoms with van der Waals surface area (Å²) in [5, 5.41) is 5.54. The van der Waals surface area contributed by atoms with E-state index in [1.807, 2.05) is 6.07 Å². The van der Waals surface area contributed by atoms with Crippen LogP contribution in [0.1, 0.15) is 26.5 Å². The van der Waals surface area contributed by atoms with Crippen molar-refractivity contribution in [2.75, 3.05) is 5.73 Å². The standard InChI is InChI=1S/C19H15Cl3N4O2S/c1-10-17(29-19(23)25-10)18(27)26-24-8-11-3-2-4-12(7-11)28-9-13-14(20)5-6-15(21)16(13)22/h2-8H,9H2,1H3,(H2,23,25)(H,26,27)/b24-8+. The van der Waals surface area contributed by atoms with Crippen LogP contribution in [-0.4, -0.2) is 17.1 Å². The van der Waals surface area contributed by atoms with Crippen LogP contribution in [-0.2, 0) is 6.61 Å². The van der Waals surface area contributed by atoms with Gasteiger partial charge in [0.25, 0.3) is 5.91 Å². The summed E-state index contributed by atoms with van der Waals surface area (Å²) < 4.78 is 5.77. The van der Waals surface area contributed by atoms with Crippen molar-refractivity contribution in [3.8, 4) is 5.75 Å².